The van der Waals surface area contributed by atoms with E-state index in [9.17, 15) is 26.3 Å². The van der Waals surface area contributed by atoms with Gasteiger partial charge in [-0.25, -0.2) is 0 Å². The number of hydrogen-bond acceptors (Lipinski definition) is 3. The van der Waals surface area contributed by atoms with Gasteiger partial charge < -0.3 is 0 Å². The van der Waals surface area contributed by atoms with E-state index in [0.717, 1.165) is 12.1 Å². The van der Waals surface area contributed by atoms with Gasteiger partial charge in [0.05, 0.1) is 11.1 Å². The Hall–Kier alpha value is -2.13. The zero-order valence-electron chi connectivity index (χ0n) is 8.84. The number of rotatable bonds is 1. The number of H-pyrrole nitrogens is 1. The number of nitrogens with zero attached hydrogens (tertiary/aromatic N) is 3. The first-order chi connectivity index (χ1) is 8.71. The van der Waals surface area contributed by atoms with Gasteiger partial charge in [-0.2, -0.15) is 31.6 Å². The smallest absolute Gasteiger partial charge is 0.177 e. The quantitative estimate of drug-likeness (QED) is 0.818. The average Bonchev–Trinajstić information content (AvgIpc) is 2.79. The summed E-state index contributed by atoms with van der Waals surface area (Å²) in [6.45, 7) is 0. The summed E-state index contributed by atoms with van der Waals surface area (Å²) in [6, 6.07) is 2.05. The summed E-state index contributed by atoms with van der Waals surface area (Å²) in [7, 11) is 0. The van der Waals surface area contributed by atoms with Crippen LogP contribution in [0.4, 0.5) is 26.3 Å². The number of hydrogen-bond donors (Lipinski definition) is 1. The SMILES string of the molecule is FC(F)(F)c1cccc(-c2nn[nH]n2)c1C(F)(F)F. The lowest BCUT2D eigenvalue weighted by Crippen LogP contribution is -2.18. The molecule has 0 amide bonds. The summed E-state index contributed by atoms with van der Waals surface area (Å²) >= 11 is 0. The molecule has 0 atom stereocenters. The first-order valence-electron chi connectivity index (χ1n) is 4.72. The van der Waals surface area contributed by atoms with Crippen molar-refractivity contribution in [3.63, 3.8) is 0 Å². The third kappa shape index (κ3) is 2.51. The van der Waals surface area contributed by atoms with E-state index < -0.39 is 34.9 Å². The lowest BCUT2D eigenvalue weighted by atomic mass is 9.99. The Balaban J connectivity index is 2.76. The second-order valence-corrected chi connectivity index (χ2v) is 3.46. The summed E-state index contributed by atoms with van der Waals surface area (Å²) in [5, 5.41) is 11.5. The Kier molecular flexibility index (Phi) is 2.95. The van der Waals surface area contributed by atoms with Crippen LogP contribution in [-0.2, 0) is 12.4 Å². The molecule has 2 aromatic rings. The summed E-state index contributed by atoms with van der Waals surface area (Å²) in [5.74, 6) is -0.557. The summed E-state index contributed by atoms with van der Waals surface area (Å²) in [6.07, 6.45) is -10.3. The van der Waals surface area contributed by atoms with Gasteiger partial charge in [0.15, 0.2) is 0 Å². The van der Waals surface area contributed by atoms with Crippen LogP contribution in [-0.4, -0.2) is 20.6 Å². The molecule has 0 aliphatic rings. The van der Waals surface area contributed by atoms with Crippen molar-refractivity contribution in [2.75, 3.05) is 0 Å². The van der Waals surface area contributed by atoms with E-state index in [1.165, 1.54) is 0 Å². The van der Waals surface area contributed by atoms with Crippen molar-refractivity contribution < 1.29 is 26.3 Å². The normalized spacial score (nSPS) is 12.7. The second-order valence-electron chi connectivity index (χ2n) is 3.46. The lowest BCUT2D eigenvalue weighted by Gasteiger charge is -2.17. The van der Waals surface area contributed by atoms with Gasteiger partial charge in [-0.3, -0.25) is 0 Å². The number of aromatic amines is 1. The van der Waals surface area contributed by atoms with E-state index in [1.807, 2.05) is 5.21 Å². The van der Waals surface area contributed by atoms with Gasteiger partial charge in [0, 0.05) is 5.56 Å². The zero-order valence-corrected chi connectivity index (χ0v) is 8.84. The van der Waals surface area contributed by atoms with E-state index in [4.69, 9.17) is 0 Å². The fraction of sp³-hybridized carbons (Fsp3) is 0.222. The van der Waals surface area contributed by atoms with E-state index in [2.05, 4.69) is 15.4 Å². The molecular weight excluding hydrogens is 278 g/mol. The van der Waals surface area contributed by atoms with Gasteiger partial charge in [-0.05, 0) is 11.3 Å². The molecule has 0 aliphatic carbocycles. The summed E-state index contributed by atoms with van der Waals surface area (Å²) in [4.78, 5) is 0. The van der Waals surface area contributed by atoms with Crippen LogP contribution < -0.4 is 0 Å². The number of nitrogens with one attached hydrogen (secondary N) is 1. The monoisotopic (exact) mass is 282 g/mol. The standard InChI is InChI=1S/C9H4F6N4/c10-8(11,12)5-3-1-2-4(6(5)9(13,14)15)7-16-18-19-17-7/h1-3H,(H,16,17,18,19). The molecule has 0 radical (unpaired) electrons. The first-order valence-corrected chi connectivity index (χ1v) is 4.72. The van der Waals surface area contributed by atoms with Crippen LogP contribution in [0.1, 0.15) is 11.1 Å². The molecule has 1 aromatic carbocycles. The Bertz CT molecular complexity index is 571. The van der Waals surface area contributed by atoms with Gasteiger partial charge in [0.1, 0.15) is 0 Å². The van der Waals surface area contributed by atoms with E-state index in [-0.39, 0.29) is 0 Å². The van der Waals surface area contributed by atoms with Crippen molar-refractivity contribution in [3.05, 3.63) is 29.3 Å². The Morgan fingerprint density at radius 1 is 0.947 bits per heavy atom. The van der Waals surface area contributed by atoms with Crippen LogP contribution in [0.3, 0.4) is 0 Å². The topological polar surface area (TPSA) is 54.5 Å². The highest BCUT2D eigenvalue weighted by atomic mass is 19.4. The molecule has 4 nitrogen and oxygen atoms in total. The fourth-order valence-corrected chi connectivity index (χ4v) is 1.56. The van der Waals surface area contributed by atoms with Crippen molar-refractivity contribution in [3.8, 4) is 11.4 Å². The molecule has 0 spiro atoms. The molecule has 2 rings (SSSR count). The van der Waals surface area contributed by atoms with Crippen molar-refractivity contribution in [2.45, 2.75) is 12.4 Å². The van der Waals surface area contributed by atoms with Gasteiger partial charge in [0.2, 0.25) is 5.82 Å². The maximum Gasteiger partial charge on any atom is 0.417 e. The maximum absolute atomic E-state index is 12.8. The molecule has 0 saturated carbocycles. The molecule has 1 heterocycles. The van der Waals surface area contributed by atoms with Crippen LogP contribution in [0.5, 0.6) is 0 Å². The van der Waals surface area contributed by atoms with Crippen molar-refractivity contribution in [1.82, 2.24) is 20.6 Å². The number of alkyl halides is 6. The average molecular weight is 282 g/mol. The van der Waals surface area contributed by atoms with E-state index >= 15 is 0 Å². The minimum atomic E-state index is -5.19. The summed E-state index contributed by atoms with van der Waals surface area (Å²) in [5.41, 5.74) is -4.40. The molecule has 0 fully saturated rings. The van der Waals surface area contributed by atoms with Gasteiger partial charge >= 0.3 is 12.4 Å². The fourth-order valence-electron chi connectivity index (χ4n) is 1.56. The highest BCUT2D eigenvalue weighted by Gasteiger charge is 2.45. The molecule has 0 saturated heterocycles. The molecule has 19 heavy (non-hydrogen) atoms. The lowest BCUT2D eigenvalue weighted by molar-refractivity contribution is -0.161. The molecular formula is C9H4F6N4. The van der Waals surface area contributed by atoms with Crippen molar-refractivity contribution in [2.24, 2.45) is 0 Å². The van der Waals surface area contributed by atoms with E-state index in [1.54, 1.807) is 0 Å². The highest BCUT2D eigenvalue weighted by Crippen LogP contribution is 2.44. The molecule has 0 aliphatic heterocycles. The molecule has 0 unspecified atom stereocenters. The van der Waals surface area contributed by atoms with Crippen molar-refractivity contribution >= 4 is 0 Å². The Morgan fingerprint density at radius 3 is 2.11 bits per heavy atom. The largest absolute Gasteiger partial charge is 0.417 e. The predicted molar refractivity (Wildman–Crippen MR) is 49.6 cm³/mol. The van der Waals surface area contributed by atoms with Gasteiger partial charge in [-0.1, -0.05) is 12.1 Å². The molecule has 102 valence electrons. The Morgan fingerprint density at radius 2 is 1.63 bits per heavy atom. The summed E-state index contributed by atoms with van der Waals surface area (Å²) < 4.78 is 76.4. The first kappa shape index (κ1) is 13.3. The van der Waals surface area contributed by atoms with Gasteiger partial charge in [-0.15, -0.1) is 10.2 Å². The third-order valence-corrected chi connectivity index (χ3v) is 2.24. The van der Waals surface area contributed by atoms with Gasteiger partial charge in [0.25, 0.3) is 0 Å². The Labute approximate surface area is 101 Å². The maximum atomic E-state index is 12.8. The van der Waals surface area contributed by atoms with Crippen LogP contribution in [0.25, 0.3) is 11.4 Å². The zero-order chi connectivity index (χ0) is 14.3. The minimum absolute atomic E-state index is 0.354. The molecule has 1 aromatic heterocycles. The van der Waals surface area contributed by atoms with Crippen LogP contribution in [0, 0.1) is 0 Å². The number of benzene rings is 1. The predicted octanol–water partition coefficient (Wildman–Crippen LogP) is 2.90. The molecule has 10 heteroatoms. The number of aromatic nitrogens is 4. The second kappa shape index (κ2) is 4.21. The van der Waals surface area contributed by atoms with Crippen LogP contribution >= 0.6 is 0 Å². The van der Waals surface area contributed by atoms with E-state index in [0.29, 0.717) is 6.07 Å². The minimum Gasteiger partial charge on any atom is -0.177 e. The number of halogens is 6. The van der Waals surface area contributed by atoms with Crippen LogP contribution in [0.15, 0.2) is 18.2 Å². The van der Waals surface area contributed by atoms with Crippen LogP contribution in [0.2, 0.25) is 0 Å². The molecule has 0 bridgehead atoms. The van der Waals surface area contributed by atoms with Crippen molar-refractivity contribution in [1.29, 1.82) is 0 Å². The molecule has 1 N–H and O–H groups in total. The highest BCUT2D eigenvalue weighted by molar-refractivity contribution is 5.63. The number of tetrazole rings is 1. The third-order valence-electron chi connectivity index (χ3n) is 2.24.